The SMILES string of the molecule is CCn1nc(N)cc1CS(C)(=O)=O. The highest BCUT2D eigenvalue weighted by atomic mass is 32.2. The normalized spacial score (nSPS) is 11.8. The van der Waals surface area contributed by atoms with E-state index in [1.165, 1.54) is 6.26 Å². The van der Waals surface area contributed by atoms with Crippen LogP contribution < -0.4 is 5.73 Å². The monoisotopic (exact) mass is 203 g/mol. The summed E-state index contributed by atoms with van der Waals surface area (Å²) in [5, 5.41) is 3.94. The average Bonchev–Trinajstić information content (AvgIpc) is 2.27. The van der Waals surface area contributed by atoms with E-state index < -0.39 is 9.84 Å². The van der Waals surface area contributed by atoms with Crippen molar-refractivity contribution < 1.29 is 8.42 Å². The van der Waals surface area contributed by atoms with Crippen LogP contribution in [0.2, 0.25) is 0 Å². The first-order valence-electron chi connectivity index (χ1n) is 3.92. The molecule has 1 aromatic heterocycles. The minimum Gasteiger partial charge on any atom is -0.382 e. The molecule has 0 aromatic carbocycles. The Bertz CT molecular complexity index is 394. The Labute approximate surface area is 77.5 Å². The Morgan fingerprint density at radius 2 is 2.23 bits per heavy atom. The van der Waals surface area contributed by atoms with Crippen LogP contribution in [0.3, 0.4) is 0 Å². The van der Waals surface area contributed by atoms with Crippen LogP contribution in [0.25, 0.3) is 0 Å². The van der Waals surface area contributed by atoms with E-state index in [1.807, 2.05) is 6.92 Å². The van der Waals surface area contributed by atoms with Crippen LogP contribution >= 0.6 is 0 Å². The molecule has 1 heterocycles. The Balaban J connectivity index is 3.00. The molecule has 0 atom stereocenters. The third-order valence-corrected chi connectivity index (χ3v) is 2.41. The van der Waals surface area contributed by atoms with Crippen LogP contribution in [0.15, 0.2) is 6.07 Å². The van der Waals surface area contributed by atoms with Gasteiger partial charge in [-0.1, -0.05) is 0 Å². The molecule has 0 radical (unpaired) electrons. The van der Waals surface area contributed by atoms with Gasteiger partial charge in [0.25, 0.3) is 0 Å². The highest BCUT2D eigenvalue weighted by molar-refractivity contribution is 7.89. The largest absolute Gasteiger partial charge is 0.382 e. The van der Waals surface area contributed by atoms with E-state index >= 15 is 0 Å². The third-order valence-electron chi connectivity index (χ3n) is 1.59. The first kappa shape index (κ1) is 10.0. The summed E-state index contributed by atoms with van der Waals surface area (Å²) in [5.41, 5.74) is 6.09. The number of rotatable bonds is 3. The fourth-order valence-corrected chi connectivity index (χ4v) is 1.91. The number of nitrogens with two attached hydrogens (primary N) is 1. The van der Waals surface area contributed by atoms with Crippen LogP contribution in [-0.2, 0) is 22.1 Å². The van der Waals surface area contributed by atoms with Crippen molar-refractivity contribution in [3.63, 3.8) is 0 Å². The topological polar surface area (TPSA) is 78.0 Å². The zero-order valence-electron chi connectivity index (χ0n) is 7.69. The number of aryl methyl sites for hydroxylation is 1. The summed E-state index contributed by atoms with van der Waals surface area (Å²) in [4.78, 5) is 0. The summed E-state index contributed by atoms with van der Waals surface area (Å²) in [5.74, 6) is 0.353. The third kappa shape index (κ3) is 2.73. The van der Waals surface area contributed by atoms with E-state index in [2.05, 4.69) is 5.10 Å². The molecule has 0 amide bonds. The molecule has 6 heteroatoms. The van der Waals surface area contributed by atoms with Crippen molar-refractivity contribution in [3.05, 3.63) is 11.8 Å². The van der Waals surface area contributed by atoms with Crippen molar-refractivity contribution in [1.82, 2.24) is 9.78 Å². The van der Waals surface area contributed by atoms with Crippen molar-refractivity contribution >= 4 is 15.7 Å². The summed E-state index contributed by atoms with van der Waals surface area (Å²) in [6.07, 6.45) is 1.19. The summed E-state index contributed by atoms with van der Waals surface area (Å²) in [7, 11) is -3.01. The number of hydrogen-bond donors (Lipinski definition) is 1. The van der Waals surface area contributed by atoms with Gasteiger partial charge in [0.2, 0.25) is 0 Å². The van der Waals surface area contributed by atoms with E-state index in [9.17, 15) is 8.42 Å². The molecule has 1 rings (SSSR count). The van der Waals surface area contributed by atoms with Gasteiger partial charge >= 0.3 is 0 Å². The minimum atomic E-state index is -3.01. The second-order valence-electron chi connectivity index (χ2n) is 2.95. The van der Waals surface area contributed by atoms with E-state index in [4.69, 9.17) is 5.73 Å². The number of nitrogens with zero attached hydrogens (tertiary/aromatic N) is 2. The van der Waals surface area contributed by atoms with Crippen molar-refractivity contribution in [1.29, 1.82) is 0 Å². The highest BCUT2D eigenvalue weighted by Gasteiger charge is 2.10. The van der Waals surface area contributed by atoms with Crippen molar-refractivity contribution in [2.24, 2.45) is 0 Å². The van der Waals surface area contributed by atoms with Gasteiger partial charge in [-0.2, -0.15) is 5.10 Å². The number of hydrogen-bond acceptors (Lipinski definition) is 4. The summed E-state index contributed by atoms with van der Waals surface area (Å²) in [6, 6.07) is 1.59. The molecular weight excluding hydrogens is 190 g/mol. The van der Waals surface area contributed by atoms with Crippen LogP contribution in [0, 0.1) is 0 Å². The smallest absolute Gasteiger partial charge is 0.153 e. The van der Waals surface area contributed by atoms with Crippen LogP contribution in [0.1, 0.15) is 12.6 Å². The quantitative estimate of drug-likeness (QED) is 0.751. The molecular formula is C7H13N3O2S. The molecule has 0 saturated carbocycles. The maximum atomic E-state index is 11.0. The van der Waals surface area contributed by atoms with Crippen molar-refractivity contribution in [2.45, 2.75) is 19.2 Å². The zero-order chi connectivity index (χ0) is 10.1. The fourth-order valence-electron chi connectivity index (χ4n) is 1.14. The number of aromatic nitrogens is 2. The van der Waals surface area contributed by atoms with Gasteiger partial charge in [-0.05, 0) is 6.92 Å². The van der Waals surface area contributed by atoms with Gasteiger partial charge in [-0.15, -0.1) is 0 Å². The molecule has 0 aliphatic carbocycles. The predicted molar refractivity (Wildman–Crippen MR) is 50.9 cm³/mol. The second kappa shape index (κ2) is 3.37. The minimum absolute atomic E-state index is 0.00889. The van der Waals surface area contributed by atoms with Crippen LogP contribution in [0.5, 0.6) is 0 Å². The summed E-state index contributed by atoms with van der Waals surface area (Å²) in [6.45, 7) is 2.51. The number of sulfone groups is 1. The molecule has 0 fully saturated rings. The van der Waals surface area contributed by atoms with Gasteiger partial charge in [-0.3, -0.25) is 4.68 Å². The lowest BCUT2D eigenvalue weighted by Gasteiger charge is -2.01. The van der Waals surface area contributed by atoms with Gasteiger partial charge in [0.1, 0.15) is 5.82 Å². The molecule has 5 nitrogen and oxygen atoms in total. The standard InChI is InChI=1S/C7H13N3O2S/c1-3-10-6(4-7(8)9-10)5-13(2,11)12/h4H,3,5H2,1-2H3,(H2,8,9). The van der Waals surface area contributed by atoms with E-state index in [0.717, 1.165) is 0 Å². The number of anilines is 1. The Kier molecular flexibility index (Phi) is 2.60. The maximum absolute atomic E-state index is 11.0. The van der Waals surface area contributed by atoms with Crippen LogP contribution in [0.4, 0.5) is 5.82 Å². The first-order valence-corrected chi connectivity index (χ1v) is 5.98. The van der Waals surface area contributed by atoms with Gasteiger partial charge in [-0.25, -0.2) is 8.42 Å². The molecule has 2 N–H and O–H groups in total. The lowest BCUT2D eigenvalue weighted by Crippen LogP contribution is -2.08. The second-order valence-corrected chi connectivity index (χ2v) is 5.09. The Hall–Kier alpha value is -1.04. The number of nitrogen functional groups attached to an aromatic ring is 1. The summed E-state index contributed by atoms with van der Waals surface area (Å²) >= 11 is 0. The highest BCUT2D eigenvalue weighted by Crippen LogP contribution is 2.09. The maximum Gasteiger partial charge on any atom is 0.153 e. The molecule has 0 spiro atoms. The van der Waals surface area contributed by atoms with E-state index in [0.29, 0.717) is 18.1 Å². The molecule has 0 bridgehead atoms. The van der Waals surface area contributed by atoms with Crippen molar-refractivity contribution in [3.8, 4) is 0 Å². The van der Waals surface area contributed by atoms with E-state index in [-0.39, 0.29) is 5.75 Å². The van der Waals surface area contributed by atoms with Gasteiger partial charge in [0.05, 0.1) is 11.4 Å². The molecule has 0 aliphatic rings. The lowest BCUT2D eigenvalue weighted by atomic mass is 10.4. The molecule has 0 unspecified atom stereocenters. The molecule has 74 valence electrons. The van der Waals surface area contributed by atoms with Crippen molar-refractivity contribution in [2.75, 3.05) is 12.0 Å². The predicted octanol–water partition coefficient (Wildman–Crippen LogP) is 0.0298. The van der Waals surface area contributed by atoms with Gasteiger partial charge < -0.3 is 5.73 Å². The lowest BCUT2D eigenvalue weighted by molar-refractivity contribution is 0.592. The van der Waals surface area contributed by atoms with Gasteiger partial charge in [0.15, 0.2) is 9.84 Å². The Morgan fingerprint density at radius 3 is 2.69 bits per heavy atom. The van der Waals surface area contributed by atoms with E-state index in [1.54, 1.807) is 10.7 Å². The average molecular weight is 203 g/mol. The Morgan fingerprint density at radius 1 is 1.62 bits per heavy atom. The molecule has 13 heavy (non-hydrogen) atoms. The first-order chi connectivity index (χ1) is 5.92. The molecule has 0 saturated heterocycles. The molecule has 0 aliphatic heterocycles. The fraction of sp³-hybridized carbons (Fsp3) is 0.571. The zero-order valence-corrected chi connectivity index (χ0v) is 8.50. The summed E-state index contributed by atoms with van der Waals surface area (Å²) < 4.78 is 23.6. The van der Waals surface area contributed by atoms with Gasteiger partial charge in [0, 0.05) is 18.9 Å². The molecule has 1 aromatic rings. The van der Waals surface area contributed by atoms with Crippen LogP contribution in [-0.4, -0.2) is 24.5 Å².